The Hall–Kier alpha value is -1.59. The highest BCUT2D eigenvalue weighted by Gasteiger charge is 2.36. The number of aliphatic hydroxyl groups is 2. The van der Waals surface area contributed by atoms with E-state index >= 15 is 0 Å². The van der Waals surface area contributed by atoms with Gasteiger partial charge in [-0.25, -0.2) is 4.79 Å². The van der Waals surface area contributed by atoms with Crippen molar-refractivity contribution in [3.05, 3.63) is 35.9 Å². The maximum atomic E-state index is 12.1. The summed E-state index contributed by atoms with van der Waals surface area (Å²) in [6.07, 6.45) is 1.24. The molecule has 2 rings (SSSR count). The zero-order valence-corrected chi connectivity index (χ0v) is 12.4. The van der Waals surface area contributed by atoms with Crippen molar-refractivity contribution in [2.45, 2.75) is 32.0 Å². The molecule has 1 aliphatic rings. The summed E-state index contributed by atoms with van der Waals surface area (Å²) in [4.78, 5) is 13.7. The van der Waals surface area contributed by atoms with Crippen molar-refractivity contribution in [3.8, 4) is 0 Å². The van der Waals surface area contributed by atoms with Crippen LogP contribution in [-0.2, 0) is 11.3 Å². The molecule has 1 amide bonds. The van der Waals surface area contributed by atoms with Crippen molar-refractivity contribution >= 4 is 6.09 Å². The quantitative estimate of drug-likeness (QED) is 0.888. The molecule has 0 spiro atoms. The maximum Gasteiger partial charge on any atom is 0.410 e. The number of likely N-dealkylation sites (tertiary alicyclic amines) is 1. The summed E-state index contributed by atoms with van der Waals surface area (Å²) in [5.41, 5.74) is -0.208. The fraction of sp³-hybridized carbons (Fsp3) is 0.562. The molecule has 0 aromatic heterocycles. The Kier molecular flexibility index (Phi) is 5.20. The minimum absolute atomic E-state index is 0.125. The van der Waals surface area contributed by atoms with E-state index in [0.717, 1.165) is 18.4 Å². The predicted octanol–water partition coefficient (Wildman–Crippen LogP) is 1.78. The Morgan fingerprint density at radius 2 is 2.14 bits per heavy atom. The van der Waals surface area contributed by atoms with Gasteiger partial charge < -0.3 is 19.8 Å². The highest BCUT2D eigenvalue weighted by molar-refractivity contribution is 5.67. The number of carbonyl (C=O) groups excluding carboxylic acids is 1. The van der Waals surface area contributed by atoms with E-state index in [1.807, 2.05) is 30.3 Å². The molecule has 21 heavy (non-hydrogen) atoms. The van der Waals surface area contributed by atoms with Crippen LogP contribution in [0.3, 0.4) is 0 Å². The van der Waals surface area contributed by atoms with Crippen LogP contribution in [0.15, 0.2) is 30.3 Å². The number of hydrogen-bond acceptors (Lipinski definition) is 4. The zero-order valence-electron chi connectivity index (χ0n) is 12.4. The summed E-state index contributed by atoms with van der Waals surface area (Å²) in [6, 6.07) is 9.53. The summed E-state index contributed by atoms with van der Waals surface area (Å²) >= 11 is 0. The fourth-order valence-corrected chi connectivity index (χ4v) is 2.59. The molecule has 0 aliphatic carbocycles. The lowest BCUT2D eigenvalue weighted by Gasteiger charge is -2.39. The predicted molar refractivity (Wildman–Crippen MR) is 78.6 cm³/mol. The van der Waals surface area contributed by atoms with E-state index in [0.29, 0.717) is 13.1 Å². The van der Waals surface area contributed by atoms with E-state index in [1.54, 1.807) is 11.8 Å². The van der Waals surface area contributed by atoms with Crippen molar-refractivity contribution < 1.29 is 19.7 Å². The second-order valence-electron chi connectivity index (χ2n) is 5.84. The van der Waals surface area contributed by atoms with E-state index in [2.05, 4.69) is 0 Å². The molecule has 2 atom stereocenters. The first-order chi connectivity index (χ1) is 10.0. The van der Waals surface area contributed by atoms with Crippen LogP contribution in [0.2, 0.25) is 0 Å². The molecule has 2 N–H and O–H groups in total. The number of ether oxygens (including phenoxy) is 1. The number of nitrogens with zero attached hydrogens (tertiary/aromatic N) is 1. The van der Waals surface area contributed by atoms with Gasteiger partial charge in [-0.05, 0) is 25.3 Å². The SMILES string of the molecule is CC(O)(CO)[C@@H]1CCCN(C(=O)OCc2ccccc2)C1. The number of aliphatic hydroxyl groups excluding tert-OH is 1. The average Bonchev–Trinajstić information content (AvgIpc) is 2.53. The van der Waals surface area contributed by atoms with Gasteiger partial charge in [-0.1, -0.05) is 30.3 Å². The first kappa shape index (κ1) is 15.8. The lowest BCUT2D eigenvalue weighted by atomic mass is 9.83. The first-order valence-electron chi connectivity index (χ1n) is 7.32. The lowest BCUT2D eigenvalue weighted by Crippen LogP contribution is -2.49. The van der Waals surface area contributed by atoms with Crippen molar-refractivity contribution in [2.24, 2.45) is 5.92 Å². The highest BCUT2D eigenvalue weighted by Crippen LogP contribution is 2.27. The molecule has 5 nitrogen and oxygen atoms in total. The van der Waals surface area contributed by atoms with Gasteiger partial charge in [0.1, 0.15) is 6.61 Å². The second kappa shape index (κ2) is 6.91. The molecule has 1 fully saturated rings. The van der Waals surface area contributed by atoms with Gasteiger partial charge in [-0.3, -0.25) is 0 Å². The van der Waals surface area contributed by atoms with Gasteiger partial charge in [0, 0.05) is 19.0 Å². The number of amides is 1. The lowest BCUT2D eigenvalue weighted by molar-refractivity contribution is -0.0671. The van der Waals surface area contributed by atoms with Crippen LogP contribution in [0.4, 0.5) is 4.79 Å². The van der Waals surface area contributed by atoms with Crippen LogP contribution in [0.5, 0.6) is 0 Å². The van der Waals surface area contributed by atoms with E-state index in [-0.39, 0.29) is 25.2 Å². The van der Waals surface area contributed by atoms with Crippen LogP contribution < -0.4 is 0 Å². The topological polar surface area (TPSA) is 70.0 Å². The minimum atomic E-state index is -1.15. The molecular formula is C16H23NO4. The Balaban J connectivity index is 1.87. The molecule has 1 aromatic carbocycles. The van der Waals surface area contributed by atoms with E-state index in [1.165, 1.54) is 0 Å². The number of piperidine rings is 1. The van der Waals surface area contributed by atoms with Gasteiger partial charge >= 0.3 is 6.09 Å². The van der Waals surface area contributed by atoms with Gasteiger partial charge in [0.15, 0.2) is 0 Å². The molecule has 0 saturated carbocycles. The van der Waals surface area contributed by atoms with Gasteiger partial charge in [0.2, 0.25) is 0 Å². The van der Waals surface area contributed by atoms with E-state index < -0.39 is 5.60 Å². The van der Waals surface area contributed by atoms with Crippen molar-refractivity contribution in [3.63, 3.8) is 0 Å². The van der Waals surface area contributed by atoms with Crippen molar-refractivity contribution in [2.75, 3.05) is 19.7 Å². The molecule has 0 bridgehead atoms. The van der Waals surface area contributed by atoms with Crippen LogP contribution >= 0.6 is 0 Å². The molecular weight excluding hydrogens is 270 g/mol. The van der Waals surface area contributed by atoms with E-state index in [4.69, 9.17) is 4.74 Å². The number of benzene rings is 1. The van der Waals surface area contributed by atoms with Crippen LogP contribution in [-0.4, -0.2) is 46.5 Å². The standard InChI is InChI=1S/C16H23NO4/c1-16(20,12-18)14-8-5-9-17(10-14)15(19)21-11-13-6-3-2-4-7-13/h2-4,6-7,14,18,20H,5,8-12H2,1H3/t14-,16?/m1/s1. The third-order valence-corrected chi connectivity index (χ3v) is 4.08. The van der Waals surface area contributed by atoms with Gasteiger partial charge in [-0.2, -0.15) is 0 Å². The smallest absolute Gasteiger partial charge is 0.410 e. The van der Waals surface area contributed by atoms with Gasteiger partial charge in [0.05, 0.1) is 12.2 Å². The van der Waals surface area contributed by atoms with E-state index in [9.17, 15) is 15.0 Å². The summed E-state index contributed by atoms with van der Waals surface area (Å²) in [5, 5.41) is 19.4. The summed E-state index contributed by atoms with van der Waals surface area (Å²) in [7, 11) is 0. The third-order valence-electron chi connectivity index (χ3n) is 4.08. The van der Waals surface area contributed by atoms with Crippen LogP contribution in [0.25, 0.3) is 0 Å². The molecule has 0 radical (unpaired) electrons. The second-order valence-corrected chi connectivity index (χ2v) is 5.84. The highest BCUT2D eigenvalue weighted by atomic mass is 16.6. The number of hydrogen-bond donors (Lipinski definition) is 2. The molecule has 1 saturated heterocycles. The third kappa shape index (κ3) is 4.19. The van der Waals surface area contributed by atoms with Crippen molar-refractivity contribution in [1.29, 1.82) is 0 Å². The molecule has 1 aromatic rings. The fourth-order valence-electron chi connectivity index (χ4n) is 2.59. The summed E-state index contributed by atoms with van der Waals surface area (Å²) < 4.78 is 5.31. The molecule has 1 aliphatic heterocycles. The molecule has 5 heteroatoms. The molecule has 1 heterocycles. The van der Waals surface area contributed by atoms with Gasteiger partial charge in [0.25, 0.3) is 0 Å². The maximum absolute atomic E-state index is 12.1. The minimum Gasteiger partial charge on any atom is -0.445 e. The average molecular weight is 293 g/mol. The van der Waals surface area contributed by atoms with Crippen molar-refractivity contribution in [1.82, 2.24) is 4.90 Å². The number of rotatable bonds is 4. The summed E-state index contributed by atoms with van der Waals surface area (Å²) in [6.45, 7) is 2.60. The van der Waals surface area contributed by atoms with Crippen LogP contribution in [0, 0.1) is 5.92 Å². The first-order valence-corrected chi connectivity index (χ1v) is 7.32. The van der Waals surface area contributed by atoms with Gasteiger partial charge in [-0.15, -0.1) is 0 Å². The normalized spacial score (nSPS) is 21.7. The summed E-state index contributed by atoms with van der Waals surface area (Å²) in [5.74, 6) is -0.125. The Labute approximate surface area is 125 Å². The molecule has 116 valence electrons. The Bertz CT molecular complexity index is 461. The Morgan fingerprint density at radius 1 is 1.43 bits per heavy atom. The monoisotopic (exact) mass is 293 g/mol. The largest absolute Gasteiger partial charge is 0.445 e. The van der Waals surface area contributed by atoms with Crippen LogP contribution in [0.1, 0.15) is 25.3 Å². The zero-order chi connectivity index (χ0) is 15.3. The number of carbonyl (C=O) groups is 1. The molecule has 1 unspecified atom stereocenters. The Morgan fingerprint density at radius 3 is 2.81 bits per heavy atom.